The van der Waals surface area contributed by atoms with Crippen molar-refractivity contribution in [2.24, 2.45) is 11.8 Å². The van der Waals surface area contributed by atoms with Crippen molar-refractivity contribution in [3.63, 3.8) is 0 Å². The lowest BCUT2D eigenvalue weighted by Gasteiger charge is -2.37. The van der Waals surface area contributed by atoms with Crippen LogP contribution >= 0.6 is 15.9 Å². The predicted octanol–water partition coefficient (Wildman–Crippen LogP) is 3.46. The summed E-state index contributed by atoms with van der Waals surface area (Å²) in [4.78, 5) is 29.2. The molecule has 0 aromatic heterocycles. The predicted molar refractivity (Wildman–Crippen MR) is 108 cm³/mol. The number of hydrogen-bond donors (Lipinski definition) is 0. The SMILES string of the molecule is CCOC(=O)C1CCN(C(=O)C2CCCN(Cc3ccc(Br)cc3)C2)CC1. The molecule has 27 heavy (non-hydrogen) atoms. The Labute approximate surface area is 170 Å². The smallest absolute Gasteiger partial charge is 0.309 e. The molecule has 1 amide bonds. The van der Waals surface area contributed by atoms with E-state index in [9.17, 15) is 9.59 Å². The monoisotopic (exact) mass is 436 g/mol. The Morgan fingerprint density at radius 2 is 1.78 bits per heavy atom. The molecule has 0 aliphatic carbocycles. The zero-order chi connectivity index (χ0) is 19.2. The van der Waals surface area contributed by atoms with Gasteiger partial charge in [-0.05, 0) is 56.8 Å². The lowest BCUT2D eigenvalue weighted by atomic mass is 9.92. The van der Waals surface area contributed by atoms with Crippen molar-refractivity contribution in [2.75, 3.05) is 32.8 Å². The van der Waals surface area contributed by atoms with Crippen LogP contribution in [0.25, 0.3) is 0 Å². The number of carbonyl (C=O) groups is 2. The van der Waals surface area contributed by atoms with Crippen molar-refractivity contribution >= 4 is 27.8 Å². The summed E-state index contributed by atoms with van der Waals surface area (Å²) in [6, 6.07) is 8.40. The van der Waals surface area contributed by atoms with Crippen LogP contribution in [0.1, 0.15) is 38.2 Å². The normalized spacial score (nSPS) is 21.9. The van der Waals surface area contributed by atoms with Crippen LogP contribution in [0.15, 0.2) is 28.7 Å². The Morgan fingerprint density at radius 1 is 1.07 bits per heavy atom. The Bertz CT molecular complexity index is 641. The Hall–Kier alpha value is -1.40. The summed E-state index contributed by atoms with van der Waals surface area (Å²) in [6.45, 7) is 6.37. The molecule has 0 radical (unpaired) electrons. The molecule has 2 heterocycles. The van der Waals surface area contributed by atoms with Gasteiger partial charge >= 0.3 is 5.97 Å². The van der Waals surface area contributed by atoms with E-state index in [1.807, 2.05) is 11.8 Å². The molecule has 5 nitrogen and oxygen atoms in total. The van der Waals surface area contributed by atoms with Crippen molar-refractivity contribution in [1.29, 1.82) is 0 Å². The molecule has 2 aliphatic heterocycles. The maximum atomic E-state index is 13.0. The molecular formula is C21H29BrN2O3. The molecule has 3 rings (SSSR count). The minimum absolute atomic E-state index is 0.0470. The Morgan fingerprint density at radius 3 is 2.44 bits per heavy atom. The summed E-state index contributed by atoms with van der Waals surface area (Å²) in [5.74, 6) is 0.184. The van der Waals surface area contributed by atoms with Crippen molar-refractivity contribution in [3.8, 4) is 0 Å². The van der Waals surface area contributed by atoms with Gasteiger partial charge in [-0.25, -0.2) is 0 Å². The molecule has 1 unspecified atom stereocenters. The van der Waals surface area contributed by atoms with Crippen LogP contribution in [0.5, 0.6) is 0 Å². The van der Waals surface area contributed by atoms with Gasteiger partial charge in [-0.3, -0.25) is 14.5 Å². The van der Waals surface area contributed by atoms with E-state index in [4.69, 9.17) is 4.74 Å². The van der Waals surface area contributed by atoms with Crippen LogP contribution in [0, 0.1) is 11.8 Å². The molecule has 0 spiro atoms. The standard InChI is InChI=1S/C21H29BrN2O3/c1-2-27-21(26)17-9-12-24(13-10-17)20(25)18-4-3-11-23(15-18)14-16-5-7-19(22)8-6-16/h5-8,17-18H,2-4,9-15H2,1H3. The zero-order valence-electron chi connectivity index (χ0n) is 16.0. The molecule has 0 N–H and O–H groups in total. The fourth-order valence-electron chi connectivity index (χ4n) is 4.10. The number of rotatable bonds is 5. The minimum atomic E-state index is -0.108. The number of likely N-dealkylation sites (tertiary alicyclic amines) is 2. The number of carbonyl (C=O) groups excluding carboxylic acids is 2. The maximum absolute atomic E-state index is 13.0. The van der Waals surface area contributed by atoms with Crippen LogP contribution in [-0.2, 0) is 20.9 Å². The molecule has 1 atom stereocenters. The van der Waals surface area contributed by atoms with E-state index in [0.29, 0.717) is 19.7 Å². The van der Waals surface area contributed by atoms with E-state index < -0.39 is 0 Å². The van der Waals surface area contributed by atoms with Gasteiger partial charge in [-0.1, -0.05) is 28.1 Å². The van der Waals surface area contributed by atoms with Gasteiger partial charge < -0.3 is 9.64 Å². The molecule has 148 valence electrons. The van der Waals surface area contributed by atoms with E-state index in [2.05, 4.69) is 45.1 Å². The lowest BCUT2D eigenvalue weighted by Crippen LogP contribution is -2.47. The summed E-state index contributed by atoms with van der Waals surface area (Å²) < 4.78 is 6.21. The molecule has 1 aromatic carbocycles. The average molecular weight is 437 g/mol. The van der Waals surface area contributed by atoms with E-state index in [0.717, 1.165) is 49.8 Å². The summed E-state index contributed by atoms with van der Waals surface area (Å²) in [5.41, 5.74) is 1.28. The number of halogens is 1. The first-order chi connectivity index (χ1) is 13.1. The Balaban J connectivity index is 1.50. The number of hydrogen-bond acceptors (Lipinski definition) is 4. The summed E-state index contributed by atoms with van der Waals surface area (Å²) in [6.07, 6.45) is 3.47. The number of amides is 1. The van der Waals surface area contributed by atoms with Gasteiger partial charge in [0.25, 0.3) is 0 Å². The molecule has 0 bridgehead atoms. The second-order valence-corrected chi connectivity index (χ2v) is 8.47. The molecule has 1 aromatic rings. The maximum Gasteiger partial charge on any atom is 0.309 e. The highest BCUT2D eigenvalue weighted by Crippen LogP contribution is 2.25. The van der Waals surface area contributed by atoms with Crippen LogP contribution in [0.3, 0.4) is 0 Å². The fraction of sp³-hybridized carbons (Fsp3) is 0.619. The molecule has 6 heteroatoms. The first-order valence-electron chi connectivity index (χ1n) is 9.99. The number of esters is 1. The Kier molecular flexibility index (Phi) is 7.30. The van der Waals surface area contributed by atoms with Crippen LogP contribution < -0.4 is 0 Å². The molecule has 2 aliphatic rings. The second-order valence-electron chi connectivity index (χ2n) is 7.55. The van der Waals surface area contributed by atoms with Crippen LogP contribution in [0.2, 0.25) is 0 Å². The number of nitrogens with zero attached hydrogens (tertiary/aromatic N) is 2. The number of benzene rings is 1. The molecular weight excluding hydrogens is 408 g/mol. The summed E-state index contributed by atoms with van der Waals surface area (Å²) in [5, 5.41) is 0. The van der Waals surface area contributed by atoms with E-state index in [1.165, 1.54) is 5.56 Å². The molecule has 2 saturated heterocycles. The van der Waals surface area contributed by atoms with Gasteiger partial charge in [0.1, 0.15) is 0 Å². The van der Waals surface area contributed by atoms with Gasteiger partial charge in [-0.15, -0.1) is 0 Å². The van der Waals surface area contributed by atoms with E-state index in [-0.39, 0.29) is 23.7 Å². The third kappa shape index (κ3) is 5.55. The van der Waals surface area contributed by atoms with Crippen LogP contribution in [-0.4, -0.2) is 54.5 Å². The number of piperidine rings is 2. The van der Waals surface area contributed by atoms with Crippen molar-refractivity contribution in [3.05, 3.63) is 34.3 Å². The quantitative estimate of drug-likeness (QED) is 0.663. The van der Waals surface area contributed by atoms with Gasteiger partial charge in [0.05, 0.1) is 18.4 Å². The number of ether oxygens (including phenoxy) is 1. The first-order valence-corrected chi connectivity index (χ1v) is 10.8. The minimum Gasteiger partial charge on any atom is -0.466 e. The zero-order valence-corrected chi connectivity index (χ0v) is 17.6. The van der Waals surface area contributed by atoms with E-state index >= 15 is 0 Å². The third-order valence-electron chi connectivity index (χ3n) is 5.60. The van der Waals surface area contributed by atoms with Crippen LogP contribution in [0.4, 0.5) is 0 Å². The lowest BCUT2D eigenvalue weighted by molar-refractivity contribution is -0.152. The van der Waals surface area contributed by atoms with Gasteiger partial charge in [0.15, 0.2) is 0 Å². The first kappa shape index (κ1) is 20.3. The highest BCUT2D eigenvalue weighted by Gasteiger charge is 2.33. The molecule has 0 saturated carbocycles. The molecule has 2 fully saturated rings. The van der Waals surface area contributed by atoms with Gasteiger partial charge in [0, 0.05) is 30.7 Å². The van der Waals surface area contributed by atoms with Gasteiger partial charge in [-0.2, -0.15) is 0 Å². The highest BCUT2D eigenvalue weighted by atomic mass is 79.9. The van der Waals surface area contributed by atoms with Crippen molar-refractivity contribution in [1.82, 2.24) is 9.80 Å². The largest absolute Gasteiger partial charge is 0.466 e. The fourth-order valence-corrected chi connectivity index (χ4v) is 4.37. The summed E-state index contributed by atoms with van der Waals surface area (Å²) in [7, 11) is 0. The summed E-state index contributed by atoms with van der Waals surface area (Å²) >= 11 is 3.47. The highest BCUT2D eigenvalue weighted by molar-refractivity contribution is 9.10. The van der Waals surface area contributed by atoms with Crippen molar-refractivity contribution < 1.29 is 14.3 Å². The third-order valence-corrected chi connectivity index (χ3v) is 6.13. The van der Waals surface area contributed by atoms with Gasteiger partial charge in [0.2, 0.25) is 5.91 Å². The second kappa shape index (κ2) is 9.69. The topological polar surface area (TPSA) is 49.9 Å². The van der Waals surface area contributed by atoms with E-state index in [1.54, 1.807) is 0 Å². The average Bonchev–Trinajstić information content (AvgIpc) is 2.70. The van der Waals surface area contributed by atoms with Crippen molar-refractivity contribution in [2.45, 2.75) is 39.2 Å².